The SMILES string of the molecule is Cn1ccnc1Sc1nc2c(c(=O)n(C)c(=O)n2C)n1Cc1ccc(F)cc1. The Hall–Kier alpha value is -3.14. The molecule has 0 saturated heterocycles. The Morgan fingerprint density at radius 1 is 1.04 bits per heavy atom. The molecule has 0 aliphatic heterocycles. The van der Waals surface area contributed by atoms with Crippen molar-refractivity contribution < 1.29 is 4.39 Å². The second kappa shape index (κ2) is 6.79. The molecule has 0 unspecified atom stereocenters. The van der Waals surface area contributed by atoms with Gasteiger partial charge in [0.1, 0.15) is 5.82 Å². The van der Waals surface area contributed by atoms with Crippen LogP contribution in [0.5, 0.6) is 0 Å². The highest BCUT2D eigenvalue weighted by atomic mass is 32.2. The van der Waals surface area contributed by atoms with Gasteiger partial charge >= 0.3 is 5.69 Å². The van der Waals surface area contributed by atoms with Crippen molar-refractivity contribution in [2.24, 2.45) is 21.1 Å². The lowest BCUT2D eigenvalue weighted by atomic mass is 10.2. The Morgan fingerprint density at radius 2 is 1.75 bits per heavy atom. The molecule has 0 N–H and O–H groups in total. The summed E-state index contributed by atoms with van der Waals surface area (Å²) in [4.78, 5) is 34.0. The van der Waals surface area contributed by atoms with Crippen LogP contribution in [0.3, 0.4) is 0 Å². The third-order valence-corrected chi connectivity index (χ3v) is 5.60. The van der Waals surface area contributed by atoms with E-state index in [0.29, 0.717) is 28.0 Å². The van der Waals surface area contributed by atoms with Gasteiger partial charge in [0.05, 0.1) is 6.54 Å². The number of fused-ring (bicyclic) bond motifs is 1. The van der Waals surface area contributed by atoms with E-state index in [1.54, 1.807) is 29.9 Å². The first-order valence-electron chi connectivity index (χ1n) is 8.42. The molecule has 0 fully saturated rings. The summed E-state index contributed by atoms with van der Waals surface area (Å²) in [6.45, 7) is 0.303. The van der Waals surface area contributed by atoms with Crippen molar-refractivity contribution in [1.82, 2.24) is 28.2 Å². The highest BCUT2D eigenvalue weighted by Crippen LogP contribution is 2.28. The van der Waals surface area contributed by atoms with E-state index >= 15 is 0 Å². The fourth-order valence-corrected chi connectivity index (χ4v) is 3.84. The zero-order chi connectivity index (χ0) is 20.0. The first-order valence-corrected chi connectivity index (χ1v) is 9.24. The average molecular weight is 400 g/mol. The minimum Gasteiger partial charge on any atom is -0.329 e. The van der Waals surface area contributed by atoms with Crippen LogP contribution in [0.15, 0.2) is 56.6 Å². The zero-order valence-electron chi connectivity index (χ0n) is 15.5. The third-order valence-electron chi connectivity index (χ3n) is 4.53. The molecular formula is C18H17FN6O2S. The van der Waals surface area contributed by atoms with Gasteiger partial charge in [-0.15, -0.1) is 0 Å². The quantitative estimate of drug-likeness (QED) is 0.519. The van der Waals surface area contributed by atoms with Crippen LogP contribution >= 0.6 is 11.8 Å². The molecule has 10 heteroatoms. The number of aromatic nitrogens is 6. The maximum atomic E-state index is 13.3. The van der Waals surface area contributed by atoms with E-state index in [1.807, 2.05) is 17.8 Å². The smallest absolute Gasteiger partial charge is 0.329 e. The molecule has 3 aromatic heterocycles. The predicted molar refractivity (Wildman–Crippen MR) is 103 cm³/mol. The first kappa shape index (κ1) is 18.2. The van der Waals surface area contributed by atoms with Crippen molar-refractivity contribution in [2.75, 3.05) is 0 Å². The van der Waals surface area contributed by atoms with E-state index < -0.39 is 11.2 Å². The molecule has 3 heterocycles. The van der Waals surface area contributed by atoms with Gasteiger partial charge in [0, 0.05) is 33.5 Å². The molecule has 0 atom stereocenters. The third kappa shape index (κ3) is 2.95. The van der Waals surface area contributed by atoms with Crippen molar-refractivity contribution >= 4 is 22.9 Å². The molecule has 0 saturated carbocycles. The summed E-state index contributed by atoms with van der Waals surface area (Å²) in [7, 11) is 4.87. The van der Waals surface area contributed by atoms with Crippen LogP contribution in [0, 0.1) is 5.82 Å². The number of benzene rings is 1. The highest BCUT2D eigenvalue weighted by Gasteiger charge is 2.21. The van der Waals surface area contributed by atoms with Crippen molar-refractivity contribution in [3.8, 4) is 0 Å². The maximum absolute atomic E-state index is 13.3. The van der Waals surface area contributed by atoms with Crippen molar-refractivity contribution in [3.05, 3.63) is 68.9 Å². The van der Waals surface area contributed by atoms with Crippen LogP contribution in [0.1, 0.15) is 5.56 Å². The molecule has 0 bridgehead atoms. The second-order valence-electron chi connectivity index (χ2n) is 6.41. The monoisotopic (exact) mass is 400 g/mol. The number of rotatable bonds is 4. The van der Waals surface area contributed by atoms with E-state index in [-0.39, 0.29) is 5.82 Å². The van der Waals surface area contributed by atoms with Crippen LogP contribution in [0.25, 0.3) is 11.2 Å². The molecule has 0 aliphatic rings. The zero-order valence-corrected chi connectivity index (χ0v) is 16.3. The minimum atomic E-state index is -0.447. The molecule has 4 rings (SSSR count). The standard InChI is InChI=1S/C18H17FN6O2S/c1-22-9-8-20-16(22)28-17-21-14-13(15(26)24(3)18(27)23(14)2)25(17)10-11-4-6-12(19)7-5-11/h4-9H,10H2,1-3H3. The van der Waals surface area contributed by atoms with Gasteiger partial charge < -0.3 is 9.13 Å². The number of nitrogens with zero attached hydrogens (tertiary/aromatic N) is 6. The Bertz CT molecular complexity index is 1300. The number of hydrogen-bond donors (Lipinski definition) is 0. The highest BCUT2D eigenvalue weighted by molar-refractivity contribution is 7.99. The number of imidazole rings is 2. The average Bonchev–Trinajstić information content (AvgIpc) is 3.24. The summed E-state index contributed by atoms with van der Waals surface area (Å²) in [5, 5.41) is 1.21. The number of aryl methyl sites for hydroxylation is 2. The number of halogens is 1. The lowest BCUT2D eigenvalue weighted by molar-refractivity contribution is 0.625. The fourth-order valence-electron chi connectivity index (χ4n) is 2.96. The largest absolute Gasteiger partial charge is 0.332 e. The first-order chi connectivity index (χ1) is 13.4. The van der Waals surface area contributed by atoms with Gasteiger partial charge in [-0.25, -0.2) is 19.2 Å². The second-order valence-corrected chi connectivity index (χ2v) is 7.34. The van der Waals surface area contributed by atoms with E-state index in [4.69, 9.17) is 0 Å². The van der Waals surface area contributed by atoms with Gasteiger partial charge in [0.15, 0.2) is 21.5 Å². The van der Waals surface area contributed by atoms with Gasteiger partial charge in [0.25, 0.3) is 5.56 Å². The summed E-state index contributed by atoms with van der Waals surface area (Å²) < 4.78 is 19.3. The Kier molecular flexibility index (Phi) is 4.42. The van der Waals surface area contributed by atoms with Crippen LogP contribution in [0.2, 0.25) is 0 Å². The summed E-state index contributed by atoms with van der Waals surface area (Å²) >= 11 is 1.29. The Balaban J connectivity index is 1.96. The molecule has 8 nitrogen and oxygen atoms in total. The lowest BCUT2D eigenvalue weighted by Gasteiger charge is -2.09. The van der Waals surface area contributed by atoms with E-state index in [2.05, 4.69) is 9.97 Å². The molecule has 0 spiro atoms. The molecule has 28 heavy (non-hydrogen) atoms. The summed E-state index contributed by atoms with van der Waals surface area (Å²) in [6, 6.07) is 6.05. The van der Waals surface area contributed by atoms with Crippen LogP contribution in [-0.4, -0.2) is 28.2 Å². The predicted octanol–water partition coefficient (Wildman–Crippen LogP) is 1.51. The lowest BCUT2D eigenvalue weighted by Crippen LogP contribution is -2.37. The van der Waals surface area contributed by atoms with Gasteiger partial charge in [0.2, 0.25) is 0 Å². The minimum absolute atomic E-state index is 0.298. The van der Waals surface area contributed by atoms with Gasteiger partial charge in [-0.05, 0) is 29.5 Å². The molecule has 144 valence electrons. The maximum Gasteiger partial charge on any atom is 0.332 e. The van der Waals surface area contributed by atoms with Gasteiger partial charge in [-0.1, -0.05) is 12.1 Å². The van der Waals surface area contributed by atoms with Crippen LogP contribution in [-0.2, 0) is 27.7 Å². The topological polar surface area (TPSA) is 79.6 Å². The van der Waals surface area contributed by atoms with Crippen molar-refractivity contribution in [3.63, 3.8) is 0 Å². The molecular weight excluding hydrogens is 383 g/mol. The van der Waals surface area contributed by atoms with E-state index in [9.17, 15) is 14.0 Å². The summed E-state index contributed by atoms with van der Waals surface area (Å²) in [5.41, 5.74) is 0.535. The van der Waals surface area contributed by atoms with Gasteiger partial charge in [-0.2, -0.15) is 0 Å². The summed E-state index contributed by atoms with van der Waals surface area (Å²) in [6.07, 6.45) is 3.48. The van der Waals surface area contributed by atoms with E-state index in [0.717, 1.165) is 10.1 Å². The fraction of sp³-hybridized carbons (Fsp3) is 0.222. The van der Waals surface area contributed by atoms with Crippen LogP contribution < -0.4 is 11.2 Å². The molecule has 1 aromatic carbocycles. The van der Waals surface area contributed by atoms with Crippen molar-refractivity contribution in [1.29, 1.82) is 0 Å². The molecule has 0 amide bonds. The Labute approximate surface area is 162 Å². The normalized spacial score (nSPS) is 11.4. The molecule has 4 aromatic rings. The number of hydrogen-bond acceptors (Lipinski definition) is 5. The summed E-state index contributed by atoms with van der Waals surface area (Å²) in [5.74, 6) is -0.333. The molecule has 0 aliphatic carbocycles. The van der Waals surface area contributed by atoms with Crippen molar-refractivity contribution in [2.45, 2.75) is 16.9 Å². The molecule has 0 radical (unpaired) electrons. The van der Waals surface area contributed by atoms with Gasteiger partial charge in [-0.3, -0.25) is 13.9 Å². The van der Waals surface area contributed by atoms with Crippen LogP contribution in [0.4, 0.5) is 4.39 Å². The Morgan fingerprint density at radius 3 is 2.39 bits per heavy atom. The van der Waals surface area contributed by atoms with E-state index in [1.165, 1.54) is 35.5 Å².